The molecule has 7 nitrogen and oxygen atoms in total. The number of nitrogens with two attached hydrogens (primary N) is 1. The van der Waals surface area contributed by atoms with Crippen LogP contribution in [-0.4, -0.2) is 35.4 Å². The van der Waals surface area contributed by atoms with E-state index in [1.165, 1.54) is 11.1 Å². The average molecular weight is 493 g/mol. The van der Waals surface area contributed by atoms with Crippen LogP contribution in [0.5, 0.6) is 0 Å². The van der Waals surface area contributed by atoms with Gasteiger partial charge in [0.1, 0.15) is 10.8 Å². The van der Waals surface area contributed by atoms with Gasteiger partial charge in [0.25, 0.3) is 0 Å². The van der Waals surface area contributed by atoms with Gasteiger partial charge in [-0.1, -0.05) is 12.1 Å². The fourth-order valence-electron chi connectivity index (χ4n) is 5.24. The number of aromatic nitrogens is 1. The molecule has 0 aromatic carbocycles. The molecule has 3 aliphatic rings. The summed E-state index contributed by atoms with van der Waals surface area (Å²) in [6.07, 6.45) is 10.6. The van der Waals surface area contributed by atoms with Crippen molar-refractivity contribution in [2.75, 3.05) is 19.0 Å². The highest BCUT2D eigenvalue weighted by molar-refractivity contribution is 7.16. The number of carbonyl (C=O) groups is 2. The summed E-state index contributed by atoms with van der Waals surface area (Å²) in [4.78, 5) is 33.3. The van der Waals surface area contributed by atoms with Crippen molar-refractivity contribution >= 4 is 28.2 Å². The van der Waals surface area contributed by atoms with Crippen molar-refractivity contribution in [2.45, 2.75) is 51.6 Å². The monoisotopic (exact) mass is 492 g/mol. The number of pyridine rings is 1. The minimum Gasteiger partial charge on any atom is -0.497 e. The van der Waals surface area contributed by atoms with Crippen molar-refractivity contribution < 1.29 is 14.3 Å². The normalized spacial score (nSPS) is 21.0. The lowest BCUT2D eigenvalue weighted by Gasteiger charge is -2.27. The number of carbonyl (C=O) groups excluding carboxylic acids is 2. The van der Waals surface area contributed by atoms with Gasteiger partial charge in [-0.15, -0.1) is 11.3 Å². The molecule has 2 aromatic rings. The number of thiophene rings is 1. The van der Waals surface area contributed by atoms with Crippen LogP contribution >= 0.6 is 11.3 Å². The number of allylic oxidation sites excluding steroid dienone is 3. The lowest BCUT2D eigenvalue weighted by atomic mass is 9.98. The SMILES string of the molecule is COC1=C(C2CC2C(=O)Nc2sc3c(c2CN)CCN(C(=O)CCc2ccccn2)C3)CCC=C1. The highest BCUT2D eigenvalue weighted by Gasteiger charge is 2.46. The van der Waals surface area contributed by atoms with E-state index in [2.05, 4.69) is 16.4 Å². The summed E-state index contributed by atoms with van der Waals surface area (Å²) in [6.45, 7) is 1.64. The smallest absolute Gasteiger partial charge is 0.228 e. The molecule has 0 radical (unpaired) electrons. The Labute approximate surface area is 210 Å². The molecule has 3 heterocycles. The Morgan fingerprint density at radius 2 is 2.20 bits per heavy atom. The third-order valence-corrected chi connectivity index (χ3v) is 8.42. The average Bonchev–Trinajstić information content (AvgIpc) is 3.62. The maximum absolute atomic E-state index is 13.1. The molecule has 1 fully saturated rings. The molecule has 0 spiro atoms. The number of methoxy groups -OCH3 is 1. The molecule has 2 aromatic heterocycles. The van der Waals surface area contributed by atoms with E-state index in [1.807, 2.05) is 29.2 Å². The van der Waals surface area contributed by atoms with Gasteiger partial charge in [-0.05, 0) is 67.4 Å². The highest BCUT2D eigenvalue weighted by atomic mass is 32.1. The van der Waals surface area contributed by atoms with Crippen molar-refractivity contribution in [3.05, 3.63) is 69.6 Å². The number of nitrogens with zero attached hydrogens (tertiary/aromatic N) is 2. The zero-order chi connectivity index (χ0) is 24.4. The Bertz CT molecular complexity index is 1170. The molecule has 2 atom stereocenters. The van der Waals surface area contributed by atoms with Gasteiger partial charge in [0, 0.05) is 47.8 Å². The van der Waals surface area contributed by atoms with Crippen molar-refractivity contribution in [1.29, 1.82) is 0 Å². The van der Waals surface area contributed by atoms with Crippen molar-refractivity contribution in [2.24, 2.45) is 17.6 Å². The second-order valence-corrected chi connectivity index (χ2v) is 10.5. The number of amides is 2. The van der Waals surface area contributed by atoms with E-state index in [9.17, 15) is 9.59 Å². The first kappa shape index (κ1) is 23.8. The van der Waals surface area contributed by atoms with Crippen LogP contribution in [-0.2, 0) is 40.3 Å². The Balaban J connectivity index is 1.23. The third kappa shape index (κ3) is 5.04. The Hall–Kier alpha value is -2.97. The first-order chi connectivity index (χ1) is 17.1. The predicted octanol–water partition coefficient (Wildman–Crippen LogP) is 3.94. The minimum absolute atomic E-state index is 0.0175. The number of hydrogen-bond donors (Lipinski definition) is 2. The summed E-state index contributed by atoms with van der Waals surface area (Å²) in [5.41, 5.74) is 10.5. The van der Waals surface area contributed by atoms with Gasteiger partial charge < -0.3 is 20.7 Å². The standard InChI is InChI=1S/C27H32N4O3S/c1-34-23-8-3-2-7-18(23)20-14-21(20)26(33)30-27-22(15-28)19-11-13-31(16-24(19)35-27)25(32)10-9-17-6-4-5-12-29-17/h3-6,8,12,20-21H,2,7,9-11,13-16,28H2,1H3,(H,30,33). The lowest BCUT2D eigenvalue weighted by molar-refractivity contribution is -0.132. The molecule has 0 saturated heterocycles. The molecule has 2 amide bonds. The minimum atomic E-state index is -0.0175. The fraction of sp³-hybridized carbons (Fsp3) is 0.444. The van der Waals surface area contributed by atoms with E-state index in [0.717, 1.165) is 52.6 Å². The number of rotatable bonds is 8. The quantitative estimate of drug-likeness (QED) is 0.582. The van der Waals surface area contributed by atoms with Crippen LogP contribution in [0, 0.1) is 11.8 Å². The number of aryl methyl sites for hydroxylation is 1. The molecule has 35 heavy (non-hydrogen) atoms. The summed E-state index contributed by atoms with van der Waals surface area (Å²) < 4.78 is 5.53. The van der Waals surface area contributed by atoms with E-state index in [4.69, 9.17) is 10.5 Å². The van der Waals surface area contributed by atoms with Gasteiger partial charge in [-0.2, -0.15) is 0 Å². The summed E-state index contributed by atoms with van der Waals surface area (Å²) in [7, 11) is 1.69. The zero-order valence-electron chi connectivity index (χ0n) is 20.1. The number of hydrogen-bond acceptors (Lipinski definition) is 6. The molecule has 2 aliphatic carbocycles. The third-order valence-electron chi connectivity index (χ3n) is 7.24. The van der Waals surface area contributed by atoms with Crippen LogP contribution in [0.4, 0.5) is 5.00 Å². The summed E-state index contributed by atoms with van der Waals surface area (Å²) in [5.74, 6) is 1.36. The molecule has 184 valence electrons. The van der Waals surface area contributed by atoms with Crippen LogP contribution in [0.15, 0.2) is 47.9 Å². The lowest BCUT2D eigenvalue weighted by Crippen LogP contribution is -2.35. The summed E-state index contributed by atoms with van der Waals surface area (Å²) in [6, 6.07) is 5.77. The molecular weight excluding hydrogens is 460 g/mol. The van der Waals surface area contributed by atoms with Crippen LogP contribution in [0.3, 0.4) is 0 Å². The predicted molar refractivity (Wildman–Crippen MR) is 137 cm³/mol. The Kier molecular flexibility index (Phi) is 7.02. The molecule has 0 bridgehead atoms. The molecule has 8 heteroatoms. The fourth-order valence-corrected chi connectivity index (χ4v) is 6.54. The number of fused-ring (bicyclic) bond motifs is 1. The highest BCUT2D eigenvalue weighted by Crippen LogP contribution is 2.49. The number of nitrogens with one attached hydrogen (secondary N) is 1. The molecule has 5 rings (SSSR count). The van der Waals surface area contributed by atoms with E-state index in [-0.39, 0.29) is 23.7 Å². The van der Waals surface area contributed by atoms with Gasteiger partial charge in [0.05, 0.1) is 13.7 Å². The van der Waals surface area contributed by atoms with Gasteiger partial charge in [0.2, 0.25) is 11.8 Å². The Morgan fingerprint density at radius 1 is 1.31 bits per heavy atom. The Morgan fingerprint density at radius 3 is 2.97 bits per heavy atom. The molecular formula is C27H32N4O3S. The van der Waals surface area contributed by atoms with Gasteiger partial charge >= 0.3 is 0 Å². The second kappa shape index (κ2) is 10.3. The van der Waals surface area contributed by atoms with Crippen molar-refractivity contribution in [3.8, 4) is 0 Å². The number of anilines is 1. The first-order valence-corrected chi connectivity index (χ1v) is 13.2. The number of ether oxygens (including phenoxy) is 1. The van der Waals surface area contributed by atoms with Crippen LogP contribution in [0.1, 0.15) is 47.4 Å². The van der Waals surface area contributed by atoms with Gasteiger partial charge in [-0.3, -0.25) is 14.6 Å². The molecule has 1 saturated carbocycles. The van der Waals surface area contributed by atoms with E-state index >= 15 is 0 Å². The molecule has 2 unspecified atom stereocenters. The van der Waals surface area contributed by atoms with Crippen molar-refractivity contribution in [1.82, 2.24) is 9.88 Å². The van der Waals surface area contributed by atoms with Crippen LogP contribution in [0.25, 0.3) is 0 Å². The molecule has 1 aliphatic heterocycles. The zero-order valence-corrected chi connectivity index (χ0v) is 20.9. The second-order valence-electron chi connectivity index (χ2n) is 9.37. The maximum Gasteiger partial charge on any atom is 0.228 e. The van der Waals surface area contributed by atoms with Crippen LogP contribution in [0.2, 0.25) is 0 Å². The maximum atomic E-state index is 13.1. The topological polar surface area (TPSA) is 97.5 Å². The van der Waals surface area contributed by atoms with Crippen LogP contribution < -0.4 is 11.1 Å². The summed E-state index contributed by atoms with van der Waals surface area (Å²) >= 11 is 1.57. The van der Waals surface area contributed by atoms with Gasteiger partial charge in [-0.25, -0.2) is 0 Å². The van der Waals surface area contributed by atoms with E-state index < -0.39 is 0 Å². The molecule has 3 N–H and O–H groups in total. The van der Waals surface area contributed by atoms with Crippen molar-refractivity contribution in [3.63, 3.8) is 0 Å². The van der Waals surface area contributed by atoms with Gasteiger partial charge in [0.15, 0.2) is 0 Å². The summed E-state index contributed by atoms with van der Waals surface area (Å²) in [5, 5.41) is 4.03. The largest absolute Gasteiger partial charge is 0.497 e. The first-order valence-electron chi connectivity index (χ1n) is 12.3. The van der Waals surface area contributed by atoms with E-state index in [0.29, 0.717) is 32.5 Å². The van der Waals surface area contributed by atoms with E-state index in [1.54, 1.807) is 24.6 Å².